The minimum absolute atomic E-state index is 0.221. The molecule has 0 bridgehead atoms. The van der Waals surface area contributed by atoms with Crippen LogP contribution in [0.5, 0.6) is 0 Å². The van der Waals surface area contributed by atoms with Crippen molar-refractivity contribution in [1.29, 1.82) is 0 Å². The molecule has 0 radical (unpaired) electrons. The van der Waals surface area contributed by atoms with Crippen molar-refractivity contribution in [1.82, 2.24) is 5.27 Å². The van der Waals surface area contributed by atoms with E-state index in [0.717, 1.165) is 16.8 Å². The molecular weight excluding hydrogens is 306 g/mol. The molecule has 0 saturated carbocycles. The number of nitrogens with one attached hydrogen (secondary N) is 1. The predicted octanol–water partition coefficient (Wildman–Crippen LogP) is 2.84. The molecule has 0 unspecified atom stereocenters. The Balaban J connectivity index is 2.00. The van der Waals surface area contributed by atoms with E-state index in [9.17, 15) is 4.91 Å². The van der Waals surface area contributed by atoms with Crippen molar-refractivity contribution >= 4 is 11.6 Å². The minimum atomic E-state index is 0.221. The highest BCUT2D eigenvalue weighted by Gasteiger charge is 2.27. The summed E-state index contributed by atoms with van der Waals surface area (Å²) in [6.45, 7) is 0.523. The third-order valence-electron chi connectivity index (χ3n) is 3.68. The molecule has 0 atom stereocenters. The first kappa shape index (κ1) is 15.7. The first-order valence-corrected chi connectivity index (χ1v) is 7.49. The monoisotopic (exact) mass is 324 g/mol. The van der Waals surface area contributed by atoms with E-state index >= 15 is 0 Å². The van der Waals surface area contributed by atoms with Crippen LogP contribution in [0.4, 0.5) is 11.6 Å². The average molecular weight is 324 g/mol. The van der Waals surface area contributed by atoms with E-state index < -0.39 is 0 Å². The highest BCUT2D eigenvalue weighted by Crippen LogP contribution is 2.26. The summed E-state index contributed by atoms with van der Waals surface area (Å²) in [6.07, 6.45) is 0. The van der Waals surface area contributed by atoms with Crippen LogP contribution in [0.25, 0.3) is 11.3 Å². The van der Waals surface area contributed by atoms with Gasteiger partial charge >= 0.3 is 11.6 Å². The molecule has 0 saturated heterocycles. The van der Waals surface area contributed by atoms with Gasteiger partial charge in [0.2, 0.25) is 11.8 Å². The fourth-order valence-corrected chi connectivity index (χ4v) is 2.47. The van der Waals surface area contributed by atoms with Gasteiger partial charge in [-0.1, -0.05) is 30.3 Å². The molecule has 0 aliphatic rings. The summed E-state index contributed by atoms with van der Waals surface area (Å²) in [5.74, 6) is 0.221. The lowest BCUT2D eigenvalue weighted by Gasteiger charge is -2.11. The average Bonchev–Trinajstić information content (AvgIpc) is 2.98. The van der Waals surface area contributed by atoms with Crippen molar-refractivity contribution < 1.29 is 9.20 Å². The second-order valence-corrected chi connectivity index (χ2v) is 5.54. The SMILES string of the molecule is CN(C)c1ccc(-c2c(NN=O)on[n+]2Cc2ccccc2)cc1. The first-order chi connectivity index (χ1) is 11.7. The maximum Gasteiger partial charge on any atom is 0.326 e. The van der Waals surface area contributed by atoms with Crippen LogP contribution in [0.15, 0.2) is 64.4 Å². The van der Waals surface area contributed by atoms with Gasteiger partial charge in [-0.05, 0) is 28.9 Å². The normalized spacial score (nSPS) is 10.4. The van der Waals surface area contributed by atoms with Crippen LogP contribution in [0, 0.1) is 4.91 Å². The Bertz CT molecular complexity index is 813. The van der Waals surface area contributed by atoms with Crippen molar-refractivity contribution in [3.05, 3.63) is 65.1 Å². The highest BCUT2D eigenvalue weighted by molar-refractivity contribution is 5.68. The van der Waals surface area contributed by atoms with E-state index in [1.807, 2.05) is 73.6 Å². The third kappa shape index (κ3) is 3.24. The Morgan fingerprint density at radius 2 is 1.83 bits per heavy atom. The molecule has 3 aromatic rings. The Hall–Kier alpha value is -3.22. The lowest BCUT2D eigenvalue weighted by Crippen LogP contribution is -2.38. The van der Waals surface area contributed by atoms with Crippen molar-refractivity contribution in [3.8, 4) is 11.3 Å². The Morgan fingerprint density at radius 1 is 1.12 bits per heavy atom. The van der Waals surface area contributed by atoms with Gasteiger partial charge < -0.3 is 4.90 Å². The summed E-state index contributed by atoms with van der Waals surface area (Å²) in [5.41, 5.74) is 6.03. The first-order valence-electron chi connectivity index (χ1n) is 7.49. The van der Waals surface area contributed by atoms with Crippen LogP contribution in [0.3, 0.4) is 0 Å². The maximum absolute atomic E-state index is 10.6. The highest BCUT2D eigenvalue weighted by atomic mass is 16.5. The minimum Gasteiger partial charge on any atom is -0.378 e. The molecule has 0 aliphatic carbocycles. The largest absolute Gasteiger partial charge is 0.378 e. The van der Waals surface area contributed by atoms with Gasteiger partial charge in [0, 0.05) is 25.3 Å². The number of hydrogen-bond donors (Lipinski definition) is 1. The number of benzene rings is 2. The zero-order chi connectivity index (χ0) is 16.9. The van der Waals surface area contributed by atoms with Crippen LogP contribution in [0.1, 0.15) is 5.56 Å². The Morgan fingerprint density at radius 3 is 2.46 bits per heavy atom. The third-order valence-corrected chi connectivity index (χ3v) is 3.68. The summed E-state index contributed by atoms with van der Waals surface area (Å²) in [4.78, 5) is 12.6. The molecule has 0 aliphatic heterocycles. The Kier molecular flexibility index (Phi) is 4.51. The van der Waals surface area contributed by atoms with Gasteiger partial charge in [0.25, 0.3) is 0 Å². The summed E-state index contributed by atoms with van der Waals surface area (Å²) in [6, 6.07) is 17.8. The van der Waals surface area contributed by atoms with E-state index in [1.165, 1.54) is 0 Å². The molecule has 7 heteroatoms. The summed E-state index contributed by atoms with van der Waals surface area (Å²) in [5, 5.41) is 6.74. The van der Waals surface area contributed by atoms with E-state index in [-0.39, 0.29) is 5.88 Å². The fourth-order valence-electron chi connectivity index (χ4n) is 2.47. The van der Waals surface area contributed by atoms with Gasteiger partial charge in [0.15, 0.2) is 0 Å². The van der Waals surface area contributed by atoms with Gasteiger partial charge in [-0.3, -0.25) is 4.52 Å². The second kappa shape index (κ2) is 6.91. The maximum atomic E-state index is 10.6. The smallest absolute Gasteiger partial charge is 0.326 e. The number of anilines is 2. The molecule has 0 spiro atoms. The lowest BCUT2D eigenvalue weighted by atomic mass is 10.1. The van der Waals surface area contributed by atoms with Crippen molar-refractivity contribution in [2.75, 3.05) is 24.4 Å². The Labute approximate surface area is 139 Å². The van der Waals surface area contributed by atoms with Crippen molar-refractivity contribution in [2.24, 2.45) is 5.29 Å². The summed E-state index contributed by atoms with van der Waals surface area (Å²) >= 11 is 0. The molecule has 0 amide bonds. The quantitative estimate of drug-likeness (QED) is 0.429. The van der Waals surface area contributed by atoms with Crippen molar-refractivity contribution in [3.63, 3.8) is 0 Å². The van der Waals surface area contributed by atoms with Crippen LogP contribution >= 0.6 is 0 Å². The molecule has 122 valence electrons. The summed E-state index contributed by atoms with van der Waals surface area (Å²) in [7, 11) is 3.96. The lowest BCUT2D eigenvalue weighted by molar-refractivity contribution is -0.745. The van der Waals surface area contributed by atoms with Crippen LogP contribution in [-0.4, -0.2) is 19.4 Å². The van der Waals surface area contributed by atoms with E-state index in [0.29, 0.717) is 12.2 Å². The number of nitrogens with zero attached hydrogens (tertiary/aromatic N) is 4. The number of rotatable bonds is 6. The summed E-state index contributed by atoms with van der Waals surface area (Å²) < 4.78 is 6.94. The van der Waals surface area contributed by atoms with Crippen molar-refractivity contribution in [2.45, 2.75) is 6.54 Å². The molecule has 24 heavy (non-hydrogen) atoms. The van der Waals surface area contributed by atoms with Gasteiger partial charge in [-0.2, -0.15) is 0 Å². The van der Waals surface area contributed by atoms with E-state index in [4.69, 9.17) is 4.52 Å². The molecular formula is C17H18N5O2+. The standard InChI is InChI=1S/C17H17N5O2/c1-21(2)15-10-8-14(9-11-15)16-17(18-19-23)24-20-22(16)12-13-6-4-3-5-7-13/h3-11H,12H2,1-2H3/p+1. The molecule has 3 rings (SSSR count). The molecule has 0 fully saturated rings. The molecule has 1 heterocycles. The van der Waals surface area contributed by atoms with E-state index in [1.54, 1.807) is 4.68 Å². The van der Waals surface area contributed by atoms with Crippen LogP contribution in [0.2, 0.25) is 0 Å². The topological polar surface area (TPSA) is 74.6 Å². The zero-order valence-electron chi connectivity index (χ0n) is 13.5. The molecule has 1 N–H and O–H groups in total. The van der Waals surface area contributed by atoms with Gasteiger partial charge in [-0.15, -0.1) is 4.91 Å². The number of aromatic nitrogens is 2. The second-order valence-electron chi connectivity index (χ2n) is 5.54. The number of nitroso groups, excluding NO2 is 1. The van der Waals surface area contributed by atoms with Gasteiger partial charge in [0.05, 0.1) is 10.8 Å². The van der Waals surface area contributed by atoms with Crippen LogP contribution < -0.4 is 15.0 Å². The van der Waals surface area contributed by atoms with E-state index in [2.05, 4.69) is 16.0 Å². The molecule has 7 nitrogen and oxygen atoms in total. The van der Waals surface area contributed by atoms with Gasteiger partial charge in [0.1, 0.15) is 0 Å². The fraction of sp³-hybridized carbons (Fsp3) is 0.176. The number of hydrogen-bond acceptors (Lipinski definition) is 5. The molecule has 2 aromatic carbocycles. The van der Waals surface area contributed by atoms with Crippen LogP contribution in [-0.2, 0) is 6.54 Å². The molecule has 1 aromatic heterocycles. The zero-order valence-corrected chi connectivity index (χ0v) is 13.5. The predicted molar refractivity (Wildman–Crippen MR) is 91.4 cm³/mol. The van der Waals surface area contributed by atoms with Gasteiger partial charge in [-0.25, -0.2) is 5.43 Å².